The number of pyridine rings is 1. The summed E-state index contributed by atoms with van der Waals surface area (Å²) in [4.78, 5) is 46.2. The van der Waals surface area contributed by atoms with E-state index in [1.807, 2.05) is 12.3 Å². The monoisotopic (exact) mass is 557 g/mol. The number of phenolic OH excluding ortho intramolecular Hbond substituents is 1. The number of hydrogen-bond donors (Lipinski definition) is 1. The van der Waals surface area contributed by atoms with Crippen molar-refractivity contribution < 1.29 is 28.1 Å². The molecule has 3 heterocycles. The molecule has 2 aliphatic rings. The van der Waals surface area contributed by atoms with Gasteiger partial charge in [0.2, 0.25) is 0 Å². The van der Waals surface area contributed by atoms with Gasteiger partial charge in [0.25, 0.3) is 17.7 Å². The molecule has 4 aromatic rings. The Balaban J connectivity index is 1.30. The number of phenols is 1. The van der Waals surface area contributed by atoms with E-state index in [4.69, 9.17) is 4.18 Å². The van der Waals surface area contributed by atoms with Crippen LogP contribution in [0.25, 0.3) is 10.9 Å². The quantitative estimate of drug-likeness (QED) is 0.256. The highest BCUT2D eigenvalue weighted by Gasteiger charge is 2.37. The third-order valence-electron chi connectivity index (χ3n) is 7.07. The standard InChI is InChI=1S/C30H24FN3O5S/c1-2-40(15-14-34-28(36)20-6-3-4-7-21(20)29(34)37)39-27-22-8-5-13-32-25(22)26(35)24-23(27)17-33(30(24)38)16-18-9-11-19(31)12-10-18/h2-13,35H,14-17H2,1H3. The van der Waals surface area contributed by atoms with Crippen LogP contribution < -0.4 is 4.18 Å². The van der Waals surface area contributed by atoms with Crippen LogP contribution in [0.3, 0.4) is 0 Å². The Kier molecular flexibility index (Phi) is 6.55. The van der Waals surface area contributed by atoms with Crippen molar-refractivity contribution >= 4 is 44.8 Å². The molecule has 3 amide bonds. The number of fused-ring (bicyclic) bond motifs is 3. The number of benzene rings is 3. The van der Waals surface area contributed by atoms with Crippen molar-refractivity contribution in [2.45, 2.75) is 20.0 Å². The lowest BCUT2D eigenvalue weighted by atomic mass is 10.0. The third kappa shape index (κ3) is 4.30. The zero-order chi connectivity index (χ0) is 28.0. The minimum absolute atomic E-state index is 0.128. The van der Waals surface area contributed by atoms with Gasteiger partial charge in [0.05, 0.1) is 23.2 Å². The molecule has 0 radical (unpaired) electrons. The van der Waals surface area contributed by atoms with Gasteiger partial charge in [-0.25, -0.2) is 4.39 Å². The summed E-state index contributed by atoms with van der Waals surface area (Å²) in [6, 6.07) is 16.1. The van der Waals surface area contributed by atoms with Crippen molar-refractivity contribution in [3.63, 3.8) is 0 Å². The topological polar surface area (TPSA) is 100 Å². The largest absolute Gasteiger partial charge is 0.505 e. The van der Waals surface area contributed by atoms with Gasteiger partial charge in [0, 0.05) is 36.0 Å². The Hall–Kier alpha value is -4.57. The Labute approximate surface area is 231 Å². The summed E-state index contributed by atoms with van der Waals surface area (Å²) in [5.74, 6) is -0.835. The maximum atomic E-state index is 13.4. The molecule has 0 saturated heterocycles. The Morgan fingerprint density at radius 3 is 2.38 bits per heavy atom. The Bertz CT molecular complexity index is 1700. The van der Waals surface area contributed by atoms with Crippen LogP contribution in [0.1, 0.15) is 49.1 Å². The second-order valence-electron chi connectivity index (χ2n) is 9.43. The molecule has 1 atom stereocenters. The fraction of sp³-hybridized carbons (Fsp3) is 0.167. The van der Waals surface area contributed by atoms with Crippen LogP contribution in [0.5, 0.6) is 11.5 Å². The minimum atomic E-state index is -0.844. The summed E-state index contributed by atoms with van der Waals surface area (Å²) in [6.45, 7) is 2.39. The van der Waals surface area contributed by atoms with Gasteiger partial charge in [0.1, 0.15) is 11.3 Å². The van der Waals surface area contributed by atoms with E-state index in [-0.39, 0.29) is 60.0 Å². The van der Waals surface area contributed by atoms with Crippen LogP contribution in [-0.2, 0) is 13.1 Å². The molecule has 3 aromatic carbocycles. The number of halogens is 1. The van der Waals surface area contributed by atoms with E-state index in [1.54, 1.807) is 53.4 Å². The van der Waals surface area contributed by atoms with E-state index in [1.165, 1.54) is 23.2 Å². The van der Waals surface area contributed by atoms with E-state index in [0.29, 0.717) is 33.6 Å². The summed E-state index contributed by atoms with van der Waals surface area (Å²) in [5.41, 5.74) is 2.43. The molecule has 1 aromatic heterocycles. The summed E-state index contributed by atoms with van der Waals surface area (Å²) < 4.78 is 19.9. The highest BCUT2D eigenvalue weighted by molar-refractivity contribution is 8.11. The number of aromatic nitrogens is 1. The first kappa shape index (κ1) is 25.7. The number of rotatable bonds is 7. The van der Waals surface area contributed by atoms with Crippen molar-refractivity contribution in [2.24, 2.45) is 0 Å². The molecule has 2 aliphatic heterocycles. The number of hydrogen-bond acceptors (Lipinski definition) is 6. The van der Waals surface area contributed by atoms with Gasteiger partial charge in [-0.15, -0.1) is 0 Å². The molecular weight excluding hydrogens is 533 g/mol. The first-order valence-electron chi connectivity index (χ1n) is 12.7. The third-order valence-corrected chi connectivity index (χ3v) is 8.57. The lowest BCUT2D eigenvalue weighted by Crippen LogP contribution is -2.32. The zero-order valence-corrected chi connectivity index (χ0v) is 22.3. The number of imide groups is 1. The molecule has 0 bridgehead atoms. The van der Waals surface area contributed by atoms with Gasteiger partial charge in [-0.05, 0) is 65.0 Å². The molecule has 1 N–H and O–H groups in total. The maximum absolute atomic E-state index is 13.4. The second-order valence-corrected chi connectivity index (χ2v) is 11.2. The predicted octanol–water partition coefficient (Wildman–Crippen LogP) is 4.92. The Morgan fingerprint density at radius 2 is 1.70 bits per heavy atom. The number of amides is 3. The molecule has 6 rings (SSSR count). The minimum Gasteiger partial charge on any atom is -0.505 e. The van der Waals surface area contributed by atoms with Gasteiger partial charge < -0.3 is 14.2 Å². The fourth-order valence-corrected chi connectivity index (χ4v) is 6.27. The van der Waals surface area contributed by atoms with Gasteiger partial charge in [-0.2, -0.15) is 0 Å². The van der Waals surface area contributed by atoms with Crippen molar-refractivity contribution in [3.05, 3.63) is 100 Å². The van der Waals surface area contributed by atoms with E-state index in [0.717, 1.165) is 5.56 Å². The van der Waals surface area contributed by atoms with Crippen LogP contribution in [0, 0.1) is 5.82 Å². The predicted molar refractivity (Wildman–Crippen MR) is 150 cm³/mol. The lowest BCUT2D eigenvalue weighted by Gasteiger charge is -2.19. The summed E-state index contributed by atoms with van der Waals surface area (Å²) in [5, 5.41) is 13.5. The summed E-state index contributed by atoms with van der Waals surface area (Å²) >= 11 is 0. The number of aromatic hydroxyl groups is 1. The van der Waals surface area contributed by atoms with Crippen molar-refractivity contribution in [1.29, 1.82) is 0 Å². The lowest BCUT2D eigenvalue weighted by molar-refractivity contribution is 0.0663. The van der Waals surface area contributed by atoms with Gasteiger partial charge in [-0.3, -0.25) is 24.3 Å². The first-order valence-corrected chi connectivity index (χ1v) is 14.0. The van der Waals surface area contributed by atoms with Crippen LogP contribution in [0.2, 0.25) is 0 Å². The van der Waals surface area contributed by atoms with Crippen molar-refractivity contribution in [2.75, 3.05) is 12.3 Å². The van der Waals surface area contributed by atoms with Crippen LogP contribution in [0.4, 0.5) is 4.39 Å². The highest BCUT2D eigenvalue weighted by Crippen LogP contribution is 2.45. The fourth-order valence-electron chi connectivity index (χ4n) is 5.09. The molecule has 1 unspecified atom stereocenters. The summed E-state index contributed by atoms with van der Waals surface area (Å²) in [6.07, 6.45) is 1.53. The van der Waals surface area contributed by atoms with E-state index >= 15 is 0 Å². The molecule has 10 heteroatoms. The van der Waals surface area contributed by atoms with Gasteiger partial charge >= 0.3 is 0 Å². The van der Waals surface area contributed by atoms with E-state index < -0.39 is 10.8 Å². The number of nitrogens with zero attached hydrogens (tertiary/aromatic N) is 3. The molecule has 202 valence electrons. The van der Waals surface area contributed by atoms with E-state index in [9.17, 15) is 23.9 Å². The van der Waals surface area contributed by atoms with Gasteiger partial charge in [-0.1, -0.05) is 24.3 Å². The average Bonchev–Trinajstić information content (AvgIpc) is 3.42. The van der Waals surface area contributed by atoms with E-state index in [2.05, 4.69) is 4.98 Å². The molecule has 8 nitrogen and oxygen atoms in total. The molecule has 40 heavy (non-hydrogen) atoms. The smallest absolute Gasteiger partial charge is 0.261 e. The number of carbonyl (C=O) groups excluding carboxylic acids is 3. The Morgan fingerprint density at radius 1 is 1.00 bits per heavy atom. The van der Waals surface area contributed by atoms with Crippen molar-refractivity contribution in [1.82, 2.24) is 14.8 Å². The van der Waals surface area contributed by atoms with Crippen LogP contribution in [-0.4, -0.2) is 55.3 Å². The maximum Gasteiger partial charge on any atom is 0.261 e. The van der Waals surface area contributed by atoms with Crippen molar-refractivity contribution in [3.8, 4) is 11.5 Å². The molecule has 0 saturated carbocycles. The molecule has 0 aliphatic carbocycles. The average molecular weight is 558 g/mol. The second kappa shape index (κ2) is 10.2. The highest BCUT2D eigenvalue weighted by atomic mass is 32.2. The normalized spacial score (nSPS) is 15.2. The summed E-state index contributed by atoms with van der Waals surface area (Å²) in [7, 11) is -0.844. The van der Waals surface area contributed by atoms with Gasteiger partial charge in [0.15, 0.2) is 11.5 Å². The first-order chi connectivity index (χ1) is 19.4. The number of carbonyl (C=O) groups is 3. The zero-order valence-electron chi connectivity index (χ0n) is 21.5. The van der Waals surface area contributed by atoms with Crippen LogP contribution in [0.15, 0.2) is 66.9 Å². The molecule has 0 fully saturated rings. The molecule has 0 spiro atoms. The molecular formula is C30H24FN3O5S. The van der Waals surface area contributed by atoms with Crippen LogP contribution >= 0.6 is 10.8 Å². The SMILES string of the molecule is C/C=S(\CCN1C(=O)c2ccccc2C1=O)Oc1c2c(c(O)c3ncccc13)C(=O)N(Cc1ccc(F)cc1)C2.